The van der Waals surface area contributed by atoms with Gasteiger partial charge in [0.2, 0.25) is 10.0 Å². The Kier molecular flexibility index (Phi) is 3.57. The number of carbonyl (C=O) groups excluding carboxylic acids is 2. The summed E-state index contributed by atoms with van der Waals surface area (Å²) in [5.41, 5.74) is 2.49. The highest BCUT2D eigenvalue weighted by Crippen LogP contribution is 2.37. The molecular formula is C20H15NO4S. The lowest BCUT2D eigenvalue weighted by Crippen LogP contribution is -2.27. The number of primary sulfonamides is 1. The van der Waals surface area contributed by atoms with Gasteiger partial charge in [-0.3, -0.25) is 9.59 Å². The Balaban J connectivity index is 1.90. The van der Waals surface area contributed by atoms with Crippen LogP contribution in [0.4, 0.5) is 0 Å². The predicted octanol–water partition coefficient (Wildman–Crippen LogP) is 2.96. The van der Waals surface area contributed by atoms with Gasteiger partial charge in [0.25, 0.3) is 0 Å². The van der Waals surface area contributed by atoms with E-state index in [2.05, 4.69) is 0 Å². The second kappa shape index (κ2) is 5.59. The van der Waals surface area contributed by atoms with Crippen molar-refractivity contribution in [3.63, 3.8) is 0 Å². The lowest BCUT2D eigenvalue weighted by atomic mass is 9.76. The van der Waals surface area contributed by atoms with E-state index in [-0.39, 0.29) is 16.5 Å². The molecule has 0 aliphatic heterocycles. The Morgan fingerprint density at radius 1 is 0.846 bits per heavy atom. The third-order valence-electron chi connectivity index (χ3n) is 4.86. The van der Waals surface area contributed by atoms with Gasteiger partial charge >= 0.3 is 0 Å². The van der Waals surface area contributed by atoms with Crippen molar-refractivity contribution < 1.29 is 18.0 Å². The zero-order valence-electron chi connectivity index (χ0n) is 13.9. The number of sulfonamides is 1. The van der Waals surface area contributed by atoms with E-state index < -0.39 is 15.9 Å². The molecule has 3 aromatic carbocycles. The van der Waals surface area contributed by atoms with Crippen LogP contribution < -0.4 is 5.14 Å². The van der Waals surface area contributed by atoms with Crippen molar-refractivity contribution in [2.75, 3.05) is 0 Å². The molecule has 1 aliphatic rings. The van der Waals surface area contributed by atoms with E-state index in [1.165, 1.54) is 24.3 Å². The first kappa shape index (κ1) is 16.6. The zero-order chi connectivity index (χ0) is 18.6. The molecule has 0 bridgehead atoms. The predicted molar refractivity (Wildman–Crippen MR) is 97.9 cm³/mol. The molecule has 2 N–H and O–H groups in total. The summed E-state index contributed by atoms with van der Waals surface area (Å²) in [6.45, 7) is 1.94. The largest absolute Gasteiger partial charge is 0.293 e. The van der Waals surface area contributed by atoms with Crippen LogP contribution in [0.25, 0.3) is 10.8 Å². The summed E-state index contributed by atoms with van der Waals surface area (Å²) in [7, 11) is -3.83. The molecule has 1 aliphatic carbocycles. The minimum atomic E-state index is -3.83. The maximum atomic E-state index is 13.0. The molecule has 0 fully saturated rings. The van der Waals surface area contributed by atoms with Crippen molar-refractivity contribution in [3.8, 4) is 0 Å². The maximum Gasteiger partial charge on any atom is 0.238 e. The molecule has 0 saturated carbocycles. The molecule has 5 nitrogen and oxygen atoms in total. The van der Waals surface area contributed by atoms with Gasteiger partial charge in [-0.15, -0.1) is 0 Å². The van der Waals surface area contributed by atoms with Crippen LogP contribution in [0.2, 0.25) is 0 Å². The molecule has 3 aromatic rings. The summed E-state index contributed by atoms with van der Waals surface area (Å²) in [5, 5.41) is 6.69. The maximum absolute atomic E-state index is 13.0. The summed E-state index contributed by atoms with van der Waals surface area (Å²) in [6.07, 6.45) is 0. The van der Waals surface area contributed by atoms with Crippen LogP contribution >= 0.6 is 0 Å². The quantitative estimate of drug-likeness (QED) is 0.707. The average molecular weight is 365 g/mol. The number of aryl methyl sites for hydroxylation is 1. The van der Waals surface area contributed by atoms with Crippen LogP contribution in [0, 0.1) is 6.92 Å². The summed E-state index contributed by atoms with van der Waals surface area (Å²) in [5.74, 6) is -1.53. The first-order valence-electron chi connectivity index (χ1n) is 8.02. The number of nitrogens with two attached hydrogens (primary N) is 1. The Labute approximate surface area is 150 Å². The molecule has 1 atom stereocenters. The van der Waals surface area contributed by atoms with E-state index in [1.54, 1.807) is 12.1 Å². The Morgan fingerprint density at radius 3 is 2.08 bits per heavy atom. The summed E-state index contributed by atoms with van der Waals surface area (Å²) in [4.78, 5) is 26.0. The van der Waals surface area contributed by atoms with Gasteiger partial charge in [0.05, 0.1) is 4.90 Å². The Bertz CT molecular complexity index is 1170. The topological polar surface area (TPSA) is 94.3 Å². The minimum absolute atomic E-state index is 0.0601. The number of Topliss-reactive ketones (excluding diaryl/α,β-unsaturated/α-hetero) is 2. The van der Waals surface area contributed by atoms with Crippen LogP contribution in [-0.2, 0) is 10.0 Å². The number of hydrogen-bond donors (Lipinski definition) is 1. The van der Waals surface area contributed by atoms with E-state index in [0.717, 1.165) is 10.9 Å². The SMILES string of the molecule is Cc1ccc2c3c(cccc13)C(=O)C(c1ccc(S(N)(=O)=O)cc1)C2=O. The highest BCUT2D eigenvalue weighted by atomic mass is 32.2. The zero-order valence-corrected chi connectivity index (χ0v) is 14.7. The van der Waals surface area contributed by atoms with Crippen LogP contribution in [0.1, 0.15) is 37.8 Å². The van der Waals surface area contributed by atoms with Crippen molar-refractivity contribution in [2.24, 2.45) is 5.14 Å². The van der Waals surface area contributed by atoms with E-state index in [4.69, 9.17) is 5.14 Å². The van der Waals surface area contributed by atoms with Crippen molar-refractivity contribution in [3.05, 3.63) is 76.9 Å². The average Bonchev–Trinajstić information content (AvgIpc) is 2.60. The summed E-state index contributed by atoms with van der Waals surface area (Å²) < 4.78 is 22.8. The van der Waals surface area contributed by atoms with Crippen LogP contribution in [0.5, 0.6) is 0 Å². The van der Waals surface area contributed by atoms with Crippen molar-refractivity contribution >= 4 is 32.4 Å². The molecule has 0 aromatic heterocycles. The first-order chi connectivity index (χ1) is 12.3. The van der Waals surface area contributed by atoms with E-state index in [0.29, 0.717) is 22.1 Å². The molecular weight excluding hydrogens is 350 g/mol. The van der Waals surface area contributed by atoms with Gasteiger partial charge in [0.1, 0.15) is 5.92 Å². The minimum Gasteiger partial charge on any atom is -0.293 e. The molecule has 0 saturated heterocycles. The third kappa shape index (κ3) is 2.38. The number of hydrogen-bond acceptors (Lipinski definition) is 4. The van der Waals surface area contributed by atoms with Crippen molar-refractivity contribution in [1.29, 1.82) is 0 Å². The van der Waals surface area contributed by atoms with Gasteiger partial charge < -0.3 is 0 Å². The van der Waals surface area contributed by atoms with Gasteiger partial charge in [-0.25, -0.2) is 13.6 Å². The second-order valence-electron chi connectivity index (χ2n) is 6.43. The molecule has 0 heterocycles. The van der Waals surface area contributed by atoms with E-state index >= 15 is 0 Å². The fourth-order valence-electron chi connectivity index (χ4n) is 3.55. The Hall–Kier alpha value is -2.83. The molecule has 130 valence electrons. The first-order valence-corrected chi connectivity index (χ1v) is 9.57. The molecule has 0 spiro atoms. The Morgan fingerprint density at radius 2 is 1.46 bits per heavy atom. The molecule has 4 rings (SSSR count). The smallest absolute Gasteiger partial charge is 0.238 e. The van der Waals surface area contributed by atoms with Gasteiger partial charge in [-0.1, -0.05) is 42.5 Å². The van der Waals surface area contributed by atoms with Crippen LogP contribution in [-0.4, -0.2) is 20.0 Å². The number of rotatable bonds is 2. The molecule has 0 radical (unpaired) electrons. The summed E-state index contributed by atoms with van der Waals surface area (Å²) >= 11 is 0. The fourth-order valence-corrected chi connectivity index (χ4v) is 4.06. The van der Waals surface area contributed by atoms with Crippen molar-refractivity contribution in [2.45, 2.75) is 17.7 Å². The fraction of sp³-hybridized carbons (Fsp3) is 0.100. The van der Waals surface area contributed by atoms with E-state index in [9.17, 15) is 18.0 Å². The van der Waals surface area contributed by atoms with Gasteiger partial charge in [-0.2, -0.15) is 0 Å². The standard InChI is InChI=1S/C20H15NO4S/c1-11-5-10-16-18-14(11)3-2-4-15(18)19(22)17(20(16)23)12-6-8-13(9-7-12)26(21,24)25/h2-10,17H,1H3,(H2,21,24,25). The van der Waals surface area contributed by atoms with Crippen LogP contribution in [0.15, 0.2) is 59.5 Å². The lowest BCUT2D eigenvalue weighted by Gasteiger charge is -2.24. The second-order valence-corrected chi connectivity index (χ2v) is 8.00. The lowest BCUT2D eigenvalue weighted by molar-refractivity contribution is 0.0856. The molecule has 26 heavy (non-hydrogen) atoms. The van der Waals surface area contributed by atoms with Gasteiger partial charge in [0.15, 0.2) is 11.6 Å². The normalized spacial score (nSPS) is 16.9. The van der Waals surface area contributed by atoms with E-state index in [1.807, 2.05) is 25.1 Å². The monoisotopic (exact) mass is 365 g/mol. The van der Waals surface area contributed by atoms with Crippen molar-refractivity contribution in [1.82, 2.24) is 0 Å². The molecule has 1 unspecified atom stereocenters. The highest BCUT2D eigenvalue weighted by Gasteiger charge is 2.37. The number of carbonyl (C=O) groups is 2. The van der Waals surface area contributed by atoms with Gasteiger partial charge in [0, 0.05) is 16.5 Å². The molecule has 6 heteroatoms. The van der Waals surface area contributed by atoms with Crippen LogP contribution in [0.3, 0.4) is 0 Å². The third-order valence-corrected chi connectivity index (χ3v) is 5.79. The van der Waals surface area contributed by atoms with Gasteiger partial charge in [-0.05, 0) is 35.6 Å². The molecule has 0 amide bonds. The summed E-state index contributed by atoms with van der Waals surface area (Å²) in [6, 6.07) is 14.6. The highest BCUT2D eigenvalue weighted by molar-refractivity contribution is 7.89. The number of benzene rings is 3. The number of ketones is 2.